The number of methoxy groups -OCH3 is 1. The van der Waals surface area contributed by atoms with E-state index >= 15 is 0 Å². The lowest BCUT2D eigenvalue weighted by Gasteiger charge is -2.19. The van der Waals surface area contributed by atoms with Gasteiger partial charge in [-0.2, -0.15) is 0 Å². The monoisotopic (exact) mass is 258 g/mol. The van der Waals surface area contributed by atoms with Crippen LogP contribution in [0.3, 0.4) is 0 Å². The van der Waals surface area contributed by atoms with Crippen molar-refractivity contribution in [2.45, 2.75) is 19.4 Å². The number of rotatable bonds is 2. The fourth-order valence-corrected chi connectivity index (χ4v) is 2.00. The second kappa shape index (κ2) is 3.96. The molecule has 4 heteroatoms. The molecule has 1 aromatic carbocycles. The van der Waals surface area contributed by atoms with Crippen LogP contribution in [0.4, 0.5) is 0 Å². The van der Waals surface area contributed by atoms with E-state index in [4.69, 9.17) is 13.6 Å². The third-order valence-corrected chi connectivity index (χ3v) is 3.36. The molecule has 0 saturated carbocycles. The van der Waals surface area contributed by atoms with E-state index in [1.54, 1.807) is 19.2 Å². The maximum atomic E-state index is 11.2. The zero-order chi connectivity index (χ0) is 13.6. The highest BCUT2D eigenvalue weighted by molar-refractivity contribution is 5.93. The molecule has 0 radical (unpaired) electrons. The number of furan rings is 1. The van der Waals surface area contributed by atoms with Gasteiger partial charge in [-0.1, -0.05) is 0 Å². The number of ether oxygens (including phenoxy) is 1. The van der Waals surface area contributed by atoms with Crippen LogP contribution in [-0.2, 0) is 10.3 Å². The minimum Gasteiger partial charge on any atom is -0.458 e. The molecule has 0 aliphatic rings. The standard InChI is InChI=1S/C15H14O4/c1-15(2,17-3)13-7-10-6-9-4-5-14(16)19-11(9)8-12(10)18-13/h4-8H,1-3H3. The van der Waals surface area contributed by atoms with Gasteiger partial charge in [0, 0.05) is 30.0 Å². The summed E-state index contributed by atoms with van der Waals surface area (Å²) in [6.45, 7) is 3.87. The smallest absolute Gasteiger partial charge is 0.336 e. The van der Waals surface area contributed by atoms with Crippen LogP contribution in [0.1, 0.15) is 19.6 Å². The molecule has 0 saturated heterocycles. The van der Waals surface area contributed by atoms with Gasteiger partial charge in [0.05, 0.1) is 0 Å². The largest absolute Gasteiger partial charge is 0.458 e. The van der Waals surface area contributed by atoms with Gasteiger partial charge in [0.25, 0.3) is 0 Å². The highest BCUT2D eigenvalue weighted by Crippen LogP contribution is 2.31. The third-order valence-electron chi connectivity index (χ3n) is 3.36. The fourth-order valence-electron chi connectivity index (χ4n) is 2.00. The molecule has 0 bridgehead atoms. The summed E-state index contributed by atoms with van der Waals surface area (Å²) in [5, 5.41) is 1.83. The zero-order valence-electron chi connectivity index (χ0n) is 11.0. The molecular weight excluding hydrogens is 244 g/mol. The Hall–Kier alpha value is -2.07. The van der Waals surface area contributed by atoms with Crippen molar-refractivity contribution < 1.29 is 13.6 Å². The molecule has 0 N–H and O–H groups in total. The topological polar surface area (TPSA) is 52.6 Å². The molecule has 4 nitrogen and oxygen atoms in total. The Kier molecular flexibility index (Phi) is 2.50. The van der Waals surface area contributed by atoms with Crippen LogP contribution in [0.15, 0.2) is 44.0 Å². The molecule has 2 aromatic heterocycles. The molecule has 0 spiro atoms. The summed E-state index contributed by atoms with van der Waals surface area (Å²) in [5.41, 5.74) is 0.348. The summed E-state index contributed by atoms with van der Waals surface area (Å²) in [5.74, 6) is 0.739. The van der Waals surface area contributed by atoms with Crippen LogP contribution in [0.25, 0.3) is 21.9 Å². The van der Waals surface area contributed by atoms with E-state index in [1.807, 2.05) is 26.0 Å². The van der Waals surface area contributed by atoms with Crippen LogP contribution in [-0.4, -0.2) is 7.11 Å². The van der Waals surface area contributed by atoms with Crippen molar-refractivity contribution in [3.63, 3.8) is 0 Å². The van der Waals surface area contributed by atoms with E-state index in [9.17, 15) is 4.79 Å². The Morgan fingerprint density at radius 1 is 1.00 bits per heavy atom. The fraction of sp³-hybridized carbons (Fsp3) is 0.267. The van der Waals surface area contributed by atoms with Crippen LogP contribution >= 0.6 is 0 Å². The highest BCUT2D eigenvalue weighted by Gasteiger charge is 2.24. The predicted octanol–water partition coefficient (Wildman–Crippen LogP) is 3.42. The quantitative estimate of drug-likeness (QED) is 0.661. The summed E-state index contributed by atoms with van der Waals surface area (Å²) >= 11 is 0. The Bertz CT molecular complexity index is 808. The molecule has 3 rings (SSSR count). The van der Waals surface area contributed by atoms with Crippen LogP contribution in [0.2, 0.25) is 0 Å². The van der Waals surface area contributed by atoms with Crippen molar-refractivity contribution in [1.82, 2.24) is 0 Å². The minimum atomic E-state index is -0.494. The number of hydrogen-bond acceptors (Lipinski definition) is 4. The lowest BCUT2D eigenvalue weighted by molar-refractivity contribution is 0.00212. The molecule has 0 fully saturated rings. The van der Waals surface area contributed by atoms with E-state index in [1.165, 1.54) is 6.07 Å². The molecule has 98 valence electrons. The molecule has 0 aliphatic carbocycles. The zero-order valence-corrected chi connectivity index (χ0v) is 11.0. The third kappa shape index (κ3) is 1.94. The van der Waals surface area contributed by atoms with Gasteiger partial charge < -0.3 is 13.6 Å². The van der Waals surface area contributed by atoms with Gasteiger partial charge in [0.1, 0.15) is 22.5 Å². The first kappa shape index (κ1) is 12.0. The summed E-state index contributed by atoms with van der Waals surface area (Å²) < 4.78 is 16.3. The summed E-state index contributed by atoms with van der Waals surface area (Å²) in [6.07, 6.45) is 0. The molecule has 2 heterocycles. The lowest BCUT2D eigenvalue weighted by Crippen LogP contribution is -2.18. The molecular formula is C15H14O4. The van der Waals surface area contributed by atoms with E-state index in [2.05, 4.69) is 0 Å². The molecule has 0 unspecified atom stereocenters. The second-order valence-electron chi connectivity index (χ2n) is 5.01. The number of benzene rings is 1. The van der Waals surface area contributed by atoms with Crippen molar-refractivity contribution in [3.8, 4) is 0 Å². The number of fused-ring (bicyclic) bond motifs is 2. The van der Waals surface area contributed by atoms with Gasteiger partial charge >= 0.3 is 5.63 Å². The van der Waals surface area contributed by atoms with Gasteiger partial charge in [-0.15, -0.1) is 0 Å². The average Bonchev–Trinajstić information content (AvgIpc) is 2.79. The van der Waals surface area contributed by atoms with Gasteiger partial charge in [-0.25, -0.2) is 4.79 Å². The van der Waals surface area contributed by atoms with Crippen LogP contribution < -0.4 is 5.63 Å². The summed E-state index contributed by atoms with van der Waals surface area (Å²) in [6, 6.07) is 8.78. The molecule has 0 atom stereocenters. The lowest BCUT2D eigenvalue weighted by atomic mass is 10.1. The van der Waals surface area contributed by atoms with Crippen molar-refractivity contribution in [2.75, 3.05) is 7.11 Å². The maximum Gasteiger partial charge on any atom is 0.336 e. The SMILES string of the molecule is COC(C)(C)c1cc2cc3ccc(=O)oc3cc2o1. The van der Waals surface area contributed by atoms with Gasteiger partial charge in [-0.05, 0) is 32.0 Å². The summed E-state index contributed by atoms with van der Waals surface area (Å²) in [7, 11) is 1.64. The van der Waals surface area contributed by atoms with Crippen molar-refractivity contribution in [3.05, 3.63) is 46.5 Å². The van der Waals surface area contributed by atoms with Gasteiger partial charge in [0.2, 0.25) is 0 Å². The van der Waals surface area contributed by atoms with Crippen molar-refractivity contribution in [1.29, 1.82) is 0 Å². The second-order valence-corrected chi connectivity index (χ2v) is 5.01. The first-order valence-electron chi connectivity index (χ1n) is 6.03. The first-order valence-corrected chi connectivity index (χ1v) is 6.03. The predicted molar refractivity (Wildman–Crippen MR) is 72.3 cm³/mol. The maximum absolute atomic E-state index is 11.2. The number of hydrogen-bond donors (Lipinski definition) is 0. The van der Waals surface area contributed by atoms with E-state index < -0.39 is 5.60 Å². The molecule has 0 amide bonds. The van der Waals surface area contributed by atoms with E-state index in [0.29, 0.717) is 11.2 Å². The van der Waals surface area contributed by atoms with E-state index in [0.717, 1.165) is 16.5 Å². The Morgan fingerprint density at radius 3 is 2.47 bits per heavy atom. The van der Waals surface area contributed by atoms with E-state index in [-0.39, 0.29) is 5.63 Å². The van der Waals surface area contributed by atoms with Gasteiger partial charge in [0.15, 0.2) is 0 Å². The Labute approximate surface area is 109 Å². The molecule has 19 heavy (non-hydrogen) atoms. The van der Waals surface area contributed by atoms with Crippen molar-refractivity contribution >= 4 is 21.9 Å². The van der Waals surface area contributed by atoms with Crippen molar-refractivity contribution in [2.24, 2.45) is 0 Å². The first-order chi connectivity index (χ1) is 8.99. The minimum absolute atomic E-state index is 0.365. The Balaban J connectivity index is 2.28. The average molecular weight is 258 g/mol. The highest BCUT2D eigenvalue weighted by atomic mass is 16.5. The normalized spacial score (nSPS) is 12.4. The summed E-state index contributed by atoms with van der Waals surface area (Å²) in [4.78, 5) is 11.2. The van der Waals surface area contributed by atoms with Gasteiger partial charge in [-0.3, -0.25) is 0 Å². The molecule has 3 aromatic rings. The van der Waals surface area contributed by atoms with Crippen LogP contribution in [0, 0.1) is 0 Å². The molecule has 0 aliphatic heterocycles. The van der Waals surface area contributed by atoms with Crippen LogP contribution in [0.5, 0.6) is 0 Å². The Morgan fingerprint density at radius 2 is 1.74 bits per heavy atom.